The fourth-order valence-electron chi connectivity index (χ4n) is 3.31. The van der Waals surface area contributed by atoms with Crippen molar-refractivity contribution in [2.45, 2.75) is 19.8 Å². The Kier molecular flexibility index (Phi) is 6.38. The molecule has 146 valence electrons. The maximum Gasteiger partial charge on any atom is 0.254 e. The molecule has 1 aliphatic heterocycles. The number of nitrogen functional groups attached to an aromatic ring is 1. The number of ether oxygens (including phenoxy) is 1. The van der Waals surface area contributed by atoms with Crippen LogP contribution in [0.15, 0.2) is 42.5 Å². The van der Waals surface area contributed by atoms with Crippen molar-refractivity contribution in [2.24, 2.45) is 0 Å². The van der Waals surface area contributed by atoms with Crippen molar-refractivity contribution in [1.29, 1.82) is 5.26 Å². The molecule has 2 aromatic carbocycles. The number of carbonyl (C=O) groups is 1. The summed E-state index contributed by atoms with van der Waals surface area (Å²) in [5.74, 6) is 0.747. The lowest BCUT2D eigenvalue weighted by Crippen LogP contribution is -2.49. The molecule has 2 aromatic rings. The van der Waals surface area contributed by atoms with Crippen molar-refractivity contribution >= 4 is 17.3 Å². The largest absolute Gasteiger partial charge is 0.494 e. The zero-order valence-electron chi connectivity index (χ0n) is 16.2. The molecule has 0 aromatic heterocycles. The first-order chi connectivity index (χ1) is 13.6. The van der Waals surface area contributed by atoms with Gasteiger partial charge in [0.2, 0.25) is 0 Å². The highest BCUT2D eigenvalue weighted by Gasteiger charge is 2.23. The highest BCUT2D eigenvalue weighted by atomic mass is 16.5. The lowest BCUT2D eigenvalue weighted by molar-refractivity contribution is 0.0746. The smallest absolute Gasteiger partial charge is 0.254 e. The Hall–Kier alpha value is -3.20. The number of piperazine rings is 1. The molecular weight excluding hydrogens is 352 g/mol. The van der Waals surface area contributed by atoms with E-state index in [1.807, 2.05) is 35.2 Å². The Morgan fingerprint density at radius 3 is 2.68 bits per heavy atom. The molecule has 1 fully saturated rings. The molecule has 0 aliphatic carbocycles. The quantitative estimate of drug-likeness (QED) is 0.616. The summed E-state index contributed by atoms with van der Waals surface area (Å²) in [7, 11) is 0. The van der Waals surface area contributed by atoms with E-state index in [0.29, 0.717) is 49.6 Å². The molecule has 1 aliphatic rings. The van der Waals surface area contributed by atoms with Gasteiger partial charge in [0.05, 0.1) is 17.9 Å². The Balaban J connectivity index is 1.63. The third-order valence-electron chi connectivity index (χ3n) is 4.90. The summed E-state index contributed by atoms with van der Waals surface area (Å²) in [4.78, 5) is 16.9. The van der Waals surface area contributed by atoms with E-state index in [2.05, 4.69) is 17.9 Å². The van der Waals surface area contributed by atoms with Crippen molar-refractivity contribution in [3.63, 3.8) is 0 Å². The van der Waals surface area contributed by atoms with E-state index in [-0.39, 0.29) is 5.91 Å². The second kappa shape index (κ2) is 9.14. The molecule has 1 amide bonds. The van der Waals surface area contributed by atoms with E-state index in [9.17, 15) is 10.1 Å². The van der Waals surface area contributed by atoms with Crippen LogP contribution in [-0.2, 0) is 0 Å². The van der Waals surface area contributed by atoms with Crippen molar-refractivity contribution in [3.05, 3.63) is 53.6 Å². The molecule has 2 N–H and O–H groups in total. The summed E-state index contributed by atoms with van der Waals surface area (Å²) < 4.78 is 5.71. The van der Waals surface area contributed by atoms with Crippen LogP contribution in [0, 0.1) is 11.3 Å². The number of benzene rings is 2. The standard InChI is InChI=1S/C22H26N4O2/c1-2-3-13-28-20-6-4-5-17(15-20)22(27)26-11-9-25(10-12-26)21-8-7-19(24)14-18(21)16-23/h4-8,14-15H,2-3,9-13,24H2,1H3. The van der Waals surface area contributed by atoms with E-state index in [1.165, 1.54) is 0 Å². The fraction of sp³-hybridized carbons (Fsp3) is 0.364. The van der Waals surface area contributed by atoms with Gasteiger partial charge in [-0.25, -0.2) is 0 Å². The van der Waals surface area contributed by atoms with E-state index >= 15 is 0 Å². The molecule has 0 radical (unpaired) electrons. The number of hydrogen-bond acceptors (Lipinski definition) is 5. The first kappa shape index (κ1) is 19.6. The van der Waals surface area contributed by atoms with Crippen molar-refractivity contribution < 1.29 is 9.53 Å². The van der Waals surface area contributed by atoms with Crippen LogP contribution in [0.25, 0.3) is 0 Å². The van der Waals surface area contributed by atoms with Gasteiger partial charge in [-0.3, -0.25) is 4.79 Å². The minimum Gasteiger partial charge on any atom is -0.494 e. The number of nitrogens with two attached hydrogens (primary N) is 1. The number of unbranched alkanes of at least 4 members (excludes halogenated alkanes) is 1. The second-order valence-corrected chi connectivity index (χ2v) is 6.90. The monoisotopic (exact) mass is 378 g/mol. The zero-order valence-corrected chi connectivity index (χ0v) is 16.2. The maximum atomic E-state index is 12.9. The Bertz CT molecular complexity index is 867. The van der Waals surface area contributed by atoms with E-state index in [0.717, 1.165) is 24.3 Å². The van der Waals surface area contributed by atoms with Crippen LogP contribution >= 0.6 is 0 Å². The van der Waals surface area contributed by atoms with Gasteiger partial charge >= 0.3 is 0 Å². The third kappa shape index (κ3) is 4.55. The zero-order chi connectivity index (χ0) is 19.9. The lowest BCUT2D eigenvalue weighted by atomic mass is 10.1. The van der Waals surface area contributed by atoms with Gasteiger partial charge in [0.15, 0.2) is 0 Å². The first-order valence-corrected chi connectivity index (χ1v) is 9.69. The second-order valence-electron chi connectivity index (χ2n) is 6.90. The molecule has 1 saturated heterocycles. The van der Waals surface area contributed by atoms with Crippen molar-refractivity contribution in [3.8, 4) is 11.8 Å². The van der Waals surface area contributed by atoms with Gasteiger partial charge in [0.25, 0.3) is 5.91 Å². The summed E-state index contributed by atoms with van der Waals surface area (Å²) in [5, 5.41) is 9.36. The number of hydrogen-bond donors (Lipinski definition) is 1. The van der Waals surface area contributed by atoms with Crippen LogP contribution in [0.2, 0.25) is 0 Å². The number of anilines is 2. The molecule has 6 nitrogen and oxygen atoms in total. The van der Waals surface area contributed by atoms with Crippen LogP contribution < -0.4 is 15.4 Å². The topological polar surface area (TPSA) is 82.6 Å². The van der Waals surface area contributed by atoms with Gasteiger partial charge in [-0.05, 0) is 42.8 Å². The van der Waals surface area contributed by atoms with Crippen LogP contribution in [0.3, 0.4) is 0 Å². The molecular formula is C22H26N4O2. The van der Waals surface area contributed by atoms with Crippen LogP contribution in [0.5, 0.6) is 5.75 Å². The summed E-state index contributed by atoms with van der Waals surface area (Å²) in [5.41, 5.74) is 8.44. The first-order valence-electron chi connectivity index (χ1n) is 9.69. The maximum absolute atomic E-state index is 12.9. The van der Waals surface area contributed by atoms with E-state index in [4.69, 9.17) is 10.5 Å². The number of amides is 1. The van der Waals surface area contributed by atoms with Gasteiger partial charge in [0.1, 0.15) is 11.8 Å². The summed E-state index contributed by atoms with van der Waals surface area (Å²) in [6.07, 6.45) is 2.07. The third-order valence-corrected chi connectivity index (χ3v) is 4.90. The predicted molar refractivity (Wildman–Crippen MR) is 111 cm³/mol. The fourth-order valence-corrected chi connectivity index (χ4v) is 3.31. The Morgan fingerprint density at radius 1 is 1.18 bits per heavy atom. The molecule has 0 saturated carbocycles. The normalized spacial score (nSPS) is 13.9. The molecule has 0 atom stereocenters. The average molecular weight is 378 g/mol. The van der Waals surface area contributed by atoms with Crippen LogP contribution in [0.1, 0.15) is 35.7 Å². The van der Waals surface area contributed by atoms with E-state index in [1.54, 1.807) is 12.1 Å². The minimum atomic E-state index is 0.0124. The van der Waals surface area contributed by atoms with Crippen molar-refractivity contribution in [1.82, 2.24) is 4.90 Å². The van der Waals surface area contributed by atoms with Gasteiger partial charge < -0.3 is 20.3 Å². The number of nitrogens with zero attached hydrogens (tertiary/aromatic N) is 3. The highest BCUT2D eigenvalue weighted by Crippen LogP contribution is 2.24. The molecule has 1 heterocycles. The predicted octanol–water partition coefficient (Wildman–Crippen LogP) is 3.28. The van der Waals surface area contributed by atoms with Gasteiger partial charge in [-0.15, -0.1) is 0 Å². The molecule has 0 unspecified atom stereocenters. The summed E-state index contributed by atoms with van der Waals surface area (Å²) in [6, 6.07) is 15.0. The van der Waals surface area contributed by atoms with E-state index < -0.39 is 0 Å². The summed E-state index contributed by atoms with van der Waals surface area (Å²) in [6.45, 7) is 5.35. The van der Waals surface area contributed by atoms with Gasteiger partial charge in [-0.2, -0.15) is 5.26 Å². The van der Waals surface area contributed by atoms with Crippen molar-refractivity contribution in [2.75, 3.05) is 43.4 Å². The summed E-state index contributed by atoms with van der Waals surface area (Å²) >= 11 is 0. The SMILES string of the molecule is CCCCOc1cccc(C(=O)N2CCN(c3ccc(N)cc3C#N)CC2)c1. The minimum absolute atomic E-state index is 0.0124. The Labute approximate surface area is 166 Å². The lowest BCUT2D eigenvalue weighted by Gasteiger charge is -2.36. The molecule has 28 heavy (non-hydrogen) atoms. The van der Waals surface area contributed by atoms with Gasteiger partial charge in [0, 0.05) is 37.4 Å². The number of carbonyl (C=O) groups excluding carboxylic acids is 1. The molecule has 3 rings (SSSR count). The van der Waals surface area contributed by atoms with Gasteiger partial charge in [-0.1, -0.05) is 19.4 Å². The average Bonchev–Trinajstić information content (AvgIpc) is 2.73. The highest BCUT2D eigenvalue weighted by molar-refractivity contribution is 5.94. The van der Waals surface area contributed by atoms with Crippen LogP contribution in [0.4, 0.5) is 11.4 Å². The molecule has 0 bridgehead atoms. The van der Waals surface area contributed by atoms with Crippen LogP contribution in [-0.4, -0.2) is 43.6 Å². The number of rotatable bonds is 6. The molecule has 6 heteroatoms. The number of nitriles is 1. The molecule has 0 spiro atoms. The Morgan fingerprint density at radius 2 is 1.96 bits per heavy atom.